The predicted molar refractivity (Wildman–Crippen MR) is 144 cm³/mol. The molecule has 2 aliphatic rings. The molecule has 0 amide bonds. The molecule has 2 aromatic carbocycles. The van der Waals surface area contributed by atoms with Crippen molar-refractivity contribution in [3.05, 3.63) is 58.2 Å². The second-order valence-electron chi connectivity index (χ2n) is 10.1. The highest BCUT2D eigenvalue weighted by atomic mass is 35.5. The van der Waals surface area contributed by atoms with Gasteiger partial charge >= 0.3 is 0 Å². The van der Waals surface area contributed by atoms with Crippen LogP contribution in [0.15, 0.2) is 41.4 Å². The fourth-order valence-electron chi connectivity index (χ4n) is 5.45. The van der Waals surface area contributed by atoms with E-state index >= 15 is 0 Å². The monoisotopic (exact) mass is 525 g/mol. The van der Waals surface area contributed by atoms with Crippen molar-refractivity contribution in [2.75, 3.05) is 13.1 Å². The molecule has 5 rings (SSSR count). The molecular weight excluding hydrogens is 494 g/mol. The van der Waals surface area contributed by atoms with Crippen molar-refractivity contribution in [3.8, 4) is 28.4 Å². The van der Waals surface area contributed by atoms with Gasteiger partial charge in [0.05, 0.1) is 32.6 Å². The Morgan fingerprint density at radius 3 is 2.58 bits per heavy atom. The molecular formula is C28H32ClN3O3S. The van der Waals surface area contributed by atoms with Crippen molar-refractivity contribution in [2.45, 2.75) is 69.1 Å². The molecule has 8 heteroatoms. The minimum Gasteiger partial charge on any atom is -0.489 e. The molecule has 0 bridgehead atoms. The summed E-state index contributed by atoms with van der Waals surface area (Å²) in [4.78, 5) is 9.62. The van der Waals surface area contributed by atoms with Crippen LogP contribution in [0.1, 0.15) is 56.2 Å². The van der Waals surface area contributed by atoms with E-state index in [0.29, 0.717) is 28.0 Å². The van der Waals surface area contributed by atoms with E-state index in [1.165, 1.54) is 16.7 Å². The summed E-state index contributed by atoms with van der Waals surface area (Å²) in [7, 11) is -3.54. The highest BCUT2D eigenvalue weighted by Gasteiger charge is 2.32. The van der Waals surface area contributed by atoms with E-state index in [-0.39, 0.29) is 11.0 Å². The number of aryl methyl sites for hydroxylation is 1. The zero-order valence-electron chi connectivity index (χ0n) is 21.1. The fourth-order valence-corrected chi connectivity index (χ4v) is 6.89. The van der Waals surface area contributed by atoms with Gasteiger partial charge in [0.1, 0.15) is 11.9 Å². The highest BCUT2D eigenvalue weighted by Crippen LogP contribution is 2.46. The quantitative estimate of drug-likeness (QED) is 0.457. The molecule has 1 saturated heterocycles. The lowest BCUT2D eigenvalue weighted by atomic mass is 9.82. The average Bonchev–Trinajstić information content (AvgIpc) is 3.25. The third-order valence-corrected chi connectivity index (χ3v) is 9.73. The summed E-state index contributed by atoms with van der Waals surface area (Å²) in [6.07, 6.45) is 4.72. The molecule has 36 heavy (non-hydrogen) atoms. The molecule has 2 aliphatic heterocycles. The molecule has 1 fully saturated rings. The summed E-state index contributed by atoms with van der Waals surface area (Å²) in [5, 5.41) is 3.20. The molecule has 1 N–H and O–H groups in total. The summed E-state index contributed by atoms with van der Waals surface area (Å²) in [5.41, 5.74) is 5.59. The predicted octanol–water partition coefficient (Wildman–Crippen LogP) is 5.74. The van der Waals surface area contributed by atoms with Crippen LogP contribution in [0.25, 0.3) is 22.6 Å². The molecule has 0 saturated carbocycles. The van der Waals surface area contributed by atoms with Crippen LogP contribution in [0.2, 0.25) is 5.02 Å². The number of sulfone groups is 1. The van der Waals surface area contributed by atoms with E-state index in [1.807, 2.05) is 0 Å². The van der Waals surface area contributed by atoms with E-state index in [9.17, 15) is 8.42 Å². The number of piperidine rings is 1. The first-order valence-corrected chi connectivity index (χ1v) is 14.5. The van der Waals surface area contributed by atoms with Crippen LogP contribution < -0.4 is 10.1 Å². The fraction of sp³-hybridized carbons (Fsp3) is 0.429. The minimum atomic E-state index is -3.54. The van der Waals surface area contributed by atoms with Crippen molar-refractivity contribution in [1.29, 1.82) is 0 Å². The lowest BCUT2D eigenvalue weighted by Crippen LogP contribution is -2.27. The Balaban J connectivity index is 1.67. The van der Waals surface area contributed by atoms with Crippen LogP contribution in [0.5, 0.6) is 5.75 Å². The zero-order valence-corrected chi connectivity index (χ0v) is 22.7. The molecule has 1 atom stereocenters. The number of nitrogens with one attached hydrogen (secondary N) is 1. The number of halogens is 1. The number of rotatable bonds is 5. The largest absolute Gasteiger partial charge is 0.489 e. The normalized spacial score (nSPS) is 18.3. The Kier molecular flexibility index (Phi) is 6.83. The van der Waals surface area contributed by atoms with Gasteiger partial charge in [-0.2, -0.15) is 0 Å². The van der Waals surface area contributed by atoms with Crippen LogP contribution in [0.4, 0.5) is 0 Å². The third kappa shape index (κ3) is 4.42. The molecule has 3 aromatic rings. The summed E-state index contributed by atoms with van der Waals surface area (Å²) >= 11 is 6.56. The first kappa shape index (κ1) is 25.2. The van der Waals surface area contributed by atoms with Gasteiger partial charge < -0.3 is 10.1 Å². The van der Waals surface area contributed by atoms with Crippen molar-refractivity contribution in [3.63, 3.8) is 0 Å². The number of fused-ring (bicyclic) bond motifs is 1. The number of ether oxygens (including phenoxy) is 1. The summed E-state index contributed by atoms with van der Waals surface area (Å²) in [6.45, 7) is 9.65. The van der Waals surface area contributed by atoms with Crippen LogP contribution in [0, 0.1) is 6.92 Å². The van der Waals surface area contributed by atoms with Crippen LogP contribution >= 0.6 is 11.6 Å². The van der Waals surface area contributed by atoms with Crippen LogP contribution in [-0.2, 0) is 16.3 Å². The van der Waals surface area contributed by atoms with Gasteiger partial charge in [0, 0.05) is 17.5 Å². The van der Waals surface area contributed by atoms with Crippen LogP contribution in [0.3, 0.4) is 0 Å². The first-order chi connectivity index (χ1) is 17.2. The SMILES string of the molecule is Cc1cc(-c2ncc(Cl)c(-c3ccccc3S(=O)(=O)C(C)C)n2)c2c(c1C1CCNCC1)CC(C)O2. The van der Waals surface area contributed by atoms with E-state index in [2.05, 4.69) is 30.2 Å². The Bertz CT molecular complexity index is 1420. The number of hydrogen-bond donors (Lipinski definition) is 1. The number of benzene rings is 2. The second-order valence-corrected chi connectivity index (χ2v) is 13.0. The molecule has 0 aliphatic carbocycles. The van der Waals surface area contributed by atoms with Gasteiger partial charge in [0.2, 0.25) is 0 Å². The van der Waals surface area contributed by atoms with Gasteiger partial charge in [-0.25, -0.2) is 18.4 Å². The maximum Gasteiger partial charge on any atom is 0.181 e. The number of nitrogens with zero attached hydrogens (tertiary/aromatic N) is 2. The lowest BCUT2D eigenvalue weighted by molar-refractivity contribution is 0.255. The van der Waals surface area contributed by atoms with Crippen molar-refractivity contribution in [2.24, 2.45) is 0 Å². The van der Waals surface area contributed by atoms with Crippen LogP contribution in [-0.4, -0.2) is 42.8 Å². The van der Waals surface area contributed by atoms with Crippen molar-refractivity contribution >= 4 is 21.4 Å². The highest BCUT2D eigenvalue weighted by molar-refractivity contribution is 7.92. The molecule has 0 radical (unpaired) electrons. The smallest absolute Gasteiger partial charge is 0.181 e. The minimum absolute atomic E-state index is 0.0738. The summed E-state index contributed by atoms with van der Waals surface area (Å²) < 4.78 is 32.5. The molecule has 1 aromatic heterocycles. The molecule has 0 spiro atoms. The van der Waals surface area contributed by atoms with Gasteiger partial charge in [0.15, 0.2) is 15.7 Å². The maximum absolute atomic E-state index is 13.1. The standard InChI is InChI=1S/C28H32ClN3O3S/c1-16(2)36(33,34)24-8-6-5-7-20(24)26-23(29)15-31-28(32-26)22-13-17(3)25(19-9-11-30-12-10-19)21-14-18(4)35-27(21)22/h5-8,13,15-16,18-19,30H,9-12,14H2,1-4H3. The third-order valence-electron chi connectivity index (χ3n) is 7.24. The molecule has 190 valence electrons. The average molecular weight is 526 g/mol. The van der Waals surface area contributed by atoms with Gasteiger partial charge in [0.25, 0.3) is 0 Å². The molecule has 1 unspecified atom stereocenters. The first-order valence-electron chi connectivity index (χ1n) is 12.6. The summed E-state index contributed by atoms with van der Waals surface area (Å²) in [5.74, 6) is 1.84. The summed E-state index contributed by atoms with van der Waals surface area (Å²) in [6, 6.07) is 9.01. The topological polar surface area (TPSA) is 81.2 Å². The van der Waals surface area contributed by atoms with Gasteiger partial charge in [-0.1, -0.05) is 29.8 Å². The number of aromatic nitrogens is 2. The Morgan fingerprint density at radius 2 is 1.86 bits per heavy atom. The van der Waals surface area contributed by atoms with E-state index in [1.54, 1.807) is 44.3 Å². The van der Waals surface area contributed by atoms with Gasteiger partial charge in [-0.15, -0.1) is 0 Å². The molecule has 3 heterocycles. The number of hydrogen-bond acceptors (Lipinski definition) is 6. The van der Waals surface area contributed by atoms with Gasteiger partial charge in [-0.05, 0) is 82.8 Å². The van der Waals surface area contributed by atoms with E-state index < -0.39 is 15.1 Å². The maximum atomic E-state index is 13.1. The lowest BCUT2D eigenvalue weighted by Gasteiger charge is -2.27. The Labute approximate surface area is 218 Å². The second kappa shape index (κ2) is 9.77. The van der Waals surface area contributed by atoms with Crippen molar-refractivity contribution in [1.82, 2.24) is 15.3 Å². The van der Waals surface area contributed by atoms with Crippen molar-refractivity contribution < 1.29 is 13.2 Å². The Hall–Kier alpha value is -2.48. The van der Waals surface area contributed by atoms with E-state index in [0.717, 1.165) is 43.7 Å². The Morgan fingerprint density at radius 1 is 1.14 bits per heavy atom. The molecule has 6 nitrogen and oxygen atoms in total. The zero-order chi connectivity index (χ0) is 25.6. The van der Waals surface area contributed by atoms with E-state index in [4.69, 9.17) is 21.3 Å². The van der Waals surface area contributed by atoms with Gasteiger partial charge in [-0.3, -0.25) is 0 Å².